The smallest absolute Gasteiger partial charge is 0.120 e. The van der Waals surface area contributed by atoms with E-state index in [1.54, 1.807) is 0 Å². The number of ether oxygens (including phenoxy) is 1. The van der Waals surface area contributed by atoms with Crippen molar-refractivity contribution in [2.75, 3.05) is 13.2 Å². The molecule has 0 radical (unpaired) electrons. The molecule has 0 atom stereocenters. The molecule has 0 fully saturated rings. The lowest BCUT2D eigenvalue weighted by Gasteiger charge is -2.11. The number of unbranched alkanes of at least 4 members (excludes halogenated alkanes) is 2. The first-order chi connectivity index (χ1) is 10.2. The first-order valence-electron chi connectivity index (χ1n) is 7.97. The van der Waals surface area contributed by atoms with Crippen molar-refractivity contribution in [2.24, 2.45) is 5.73 Å². The molecule has 1 aromatic carbocycles. The van der Waals surface area contributed by atoms with Crippen LogP contribution in [-0.4, -0.2) is 18.1 Å². The maximum atomic E-state index is 5.82. The number of fused-ring (bicyclic) bond motifs is 1. The van der Waals surface area contributed by atoms with Crippen LogP contribution in [-0.2, 0) is 6.42 Å². The van der Waals surface area contributed by atoms with Gasteiger partial charge in [0, 0.05) is 11.1 Å². The van der Waals surface area contributed by atoms with Gasteiger partial charge in [0.15, 0.2) is 0 Å². The van der Waals surface area contributed by atoms with Gasteiger partial charge < -0.3 is 10.5 Å². The molecule has 0 saturated carbocycles. The lowest BCUT2D eigenvalue weighted by Crippen LogP contribution is -2.00. The predicted octanol–water partition coefficient (Wildman–Crippen LogP) is 4.00. The van der Waals surface area contributed by atoms with Gasteiger partial charge >= 0.3 is 0 Å². The predicted molar refractivity (Wildman–Crippen MR) is 88.9 cm³/mol. The minimum atomic E-state index is 0.757. The Morgan fingerprint density at radius 2 is 2.00 bits per heavy atom. The molecule has 2 N–H and O–H groups in total. The van der Waals surface area contributed by atoms with Crippen LogP contribution in [0, 0.1) is 6.92 Å². The Morgan fingerprint density at radius 3 is 2.76 bits per heavy atom. The zero-order valence-electron chi connectivity index (χ0n) is 13.2. The quantitative estimate of drug-likeness (QED) is 0.746. The molecule has 2 aromatic rings. The van der Waals surface area contributed by atoms with Crippen LogP contribution in [0.5, 0.6) is 5.75 Å². The molecule has 1 aromatic heterocycles. The molecular weight excluding hydrogens is 260 g/mol. The largest absolute Gasteiger partial charge is 0.494 e. The van der Waals surface area contributed by atoms with Crippen LogP contribution in [0.1, 0.15) is 43.9 Å². The first kappa shape index (κ1) is 15.8. The Balaban J connectivity index is 2.24. The van der Waals surface area contributed by atoms with Crippen molar-refractivity contribution >= 4 is 10.9 Å². The third-order valence-electron chi connectivity index (χ3n) is 3.66. The maximum Gasteiger partial charge on any atom is 0.120 e. The highest BCUT2D eigenvalue weighted by Crippen LogP contribution is 2.25. The molecule has 0 spiro atoms. The van der Waals surface area contributed by atoms with E-state index in [0.29, 0.717) is 0 Å². The molecule has 0 saturated heterocycles. The van der Waals surface area contributed by atoms with Crippen molar-refractivity contribution in [3.8, 4) is 5.75 Å². The van der Waals surface area contributed by atoms with E-state index in [1.807, 2.05) is 6.07 Å². The second-order valence-electron chi connectivity index (χ2n) is 5.55. The first-order valence-corrected chi connectivity index (χ1v) is 7.97. The summed E-state index contributed by atoms with van der Waals surface area (Å²) in [6, 6.07) is 8.41. The molecular formula is C18H26N2O. The zero-order chi connectivity index (χ0) is 15.1. The molecule has 0 aliphatic heterocycles. The summed E-state index contributed by atoms with van der Waals surface area (Å²) in [7, 11) is 0. The Hall–Kier alpha value is -1.61. The molecule has 0 bridgehead atoms. The number of hydrogen-bond acceptors (Lipinski definition) is 3. The second kappa shape index (κ2) is 7.99. The highest BCUT2D eigenvalue weighted by Gasteiger charge is 2.06. The van der Waals surface area contributed by atoms with E-state index in [-0.39, 0.29) is 0 Å². The normalized spacial score (nSPS) is 11.0. The van der Waals surface area contributed by atoms with Crippen molar-refractivity contribution in [2.45, 2.75) is 46.0 Å². The zero-order valence-corrected chi connectivity index (χ0v) is 13.2. The summed E-state index contributed by atoms with van der Waals surface area (Å²) in [6.45, 7) is 5.76. The third-order valence-corrected chi connectivity index (χ3v) is 3.66. The van der Waals surface area contributed by atoms with E-state index in [1.165, 1.54) is 10.9 Å². The van der Waals surface area contributed by atoms with Crippen molar-refractivity contribution in [3.63, 3.8) is 0 Å². The van der Waals surface area contributed by atoms with Gasteiger partial charge in [0.05, 0.1) is 12.1 Å². The van der Waals surface area contributed by atoms with Gasteiger partial charge in [-0.25, -0.2) is 0 Å². The van der Waals surface area contributed by atoms with Crippen molar-refractivity contribution in [3.05, 3.63) is 35.5 Å². The fourth-order valence-electron chi connectivity index (χ4n) is 2.51. The van der Waals surface area contributed by atoms with Crippen molar-refractivity contribution in [1.82, 2.24) is 4.98 Å². The average Bonchev–Trinajstić information content (AvgIpc) is 2.48. The number of nitrogens with zero attached hydrogens (tertiary/aromatic N) is 1. The Morgan fingerprint density at radius 1 is 1.14 bits per heavy atom. The van der Waals surface area contributed by atoms with Gasteiger partial charge in [-0.05, 0) is 69.0 Å². The SMILES string of the molecule is CCCCOc1ccc2nc(C)cc(CCCCN)c2c1. The number of hydrogen-bond donors (Lipinski definition) is 1. The van der Waals surface area contributed by atoms with Crippen molar-refractivity contribution < 1.29 is 4.74 Å². The van der Waals surface area contributed by atoms with E-state index >= 15 is 0 Å². The molecule has 3 heteroatoms. The number of rotatable bonds is 8. The summed E-state index contributed by atoms with van der Waals surface area (Å²) in [6.07, 6.45) is 5.48. The lowest BCUT2D eigenvalue weighted by molar-refractivity contribution is 0.310. The fourth-order valence-corrected chi connectivity index (χ4v) is 2.51. The number of aromatic nitrogens is 1. The second-order valence-corrected chi connectivity index (χ2v) is 5.55. The highest BCUT2D eigenvalue weighted by atomic mass is 16.5. The number of aryl methyl sites for hydroxylation is 2. The summed E-state index contributed by atoms with van der Waals surface area (Å²) >= 11 is 0. The Bertz CT molecular complexity index is 581. The Kier molecular flexibility index (Phi) is 6.00. The van der Waals surface area contributed by atoms with Crippen LogP contribution >= 0.6 is 0 Å². The minimum absolute atomic E-state index is 0.757. The van der Waals surface area contributed by atoms with Crippen LogP contribution in [0.2, 0.25) is 0 Å². The summed E-state index contributed by atoms with van der Waals surface area (Å²) < 4.78 is 5.82. The third kappa shape index (κ3) is 4.43. The van der Waals surface area contributed by atoms with Crippen LogP contribution in [0.4, 0.5) is 0 Å². The summed E-state index contributed by atoms with van der Waals surface area (Å²) in [4.78, 5) is 4.62. The van der Waals surface area contributed by atoms with Gasteiger partial charge in [-0.1, -0.05) is 13.3 Å². The minimum Gasteiger partial charge on any atom is -0.494 e. The molecule has 21 heavy (non-hydrogen) atoms. The van der Waals surface area contributed by atoms with Crippen LogP contribution in [0.3, 0.4) is 0 Å². The molecule has 0 aliphatic carbocycles. The van der Waals surface area contributed by atoms with Crippen LogP contribution in [0.25, 0.3) is 10.9 Å². The Labute approximate surface area is 127 Å². The van der Waals surface area contributed by atoms with Gasteiger partial charge in [-0.2, -0.15) is 0 Å². The lowest BCUT2D eigenvalue weighted by atomic mass is 10.0. The molecule has 114 valence electrons. The van der Waals surface area contributed by atoms with Gasteiger partial charge in [-0.15, -0.1) is 0 Å². The van der Waals surface area contributed by atoms with E-state index in [0.717, 1.165) is 62.2 Å². The standard InChI is InChI=1S/C18H26N2O/c1-3-4-11-21-16-8-9-18-17(13-16)15(7-5-6-10-19)12-14(2)20-18/h8-9,12-13H,3-7,10-11,19H2,1-2H3. The number of pyridine rings is 1. The monoisotopic (exact) mass is 286 g/mol. The molecule has 3 nitrogen and oxygen atoms in total. The maximum absolute atomic E-state index is 5.82. The van der Waals surface area contributed by atoms with Crippen LogP contribution < -0.4 is 10.5 Å². The van der Waals surface area contributed by atoms with E-state index < -0.39 is 0 Å². The molecule has 0 aliphatic rings. The van der Waals surface area contributed by atoms with Crippen molar-refractivity contribution in [1.29, 1.82) is 0 Å². The number of nitrogens with two attached hydrogens (primary N) is 1. The molecule has 0 unspecified atom stereocenters. The van der Waals surface area contributed by atoms with Crippen LogP contribution in [0.15, 0.2) is 24.3 Å². The highest BCUT2D eigenvalue weighted by molar-refractivity contribution is 5.84. The summed E-state index contributed by atoms with van der Waals surface area (Å²) in [5, 5.41) is 1.21. The number of benzene rings is 1. The van der Waals surface area contributed by atoms with Gasteiger partial charge in [0.1, 0.15) is 5.75 Å². The fraction of sp³-hybridized carbons (Fsp3) is 0.500. The molecule has 1 heterocycles. The van der Waals surface area contributed by atoms with E-state index in [9.17, 15) is 0 Å². The van der Waals surface area contributed by atoms with E-state index in [2.05, 4.69) is 37.0 Å². The average molecular weight is 286 g/mol. The molecule has 2 rings (SSSR count). The summed E-state index contributed by atoms with van der Waals surface area (Å²) in [5.41, 5.74) is 9.08. The van der Waals surface area contributed by atoms with Gasteiger partial charge in [0.2, 0.25) is 0 Å². The topological polar surface area (TPSA) is 48.1 Å². The molecule has 0 amide bonds. The summed E-state index contributed by atoms with van der Waals surface area (Å²) in [5.74, 6) is 0.946. The van der Waals surface area contributed by atoms with Gasteiger partial charge in [-0.3, -0.25) is 4.98 Å². The van der Waals surface area contributed by atoms with E-state index in [4.69, 9.17) is 10.5 Å². The van der Waals surface area contributed by atoms with Gasteiger partial charge in [0.25, 0.3) is 0 Å².